The Morgan fingerprint density at radius 2 is 0.640 bits per heavy atom. The van der Waals surface area contributed by atoms with Crippen LogP contribution in [0.3, 0.4) is 0 Å². The van der Waals surface area contributed by atoms with Crippen LogP contribution in [0, 0.1) is 0 Å². The van der Waals surface area contributed by atoms with E-state index in [2.05, 4.69) is 6.58 Å². The van der Waals surface area contributed by atoms with E-state index in [1.165, 1.54) is 128 Å². The average Bonchev–Trinajstić information content (AvgIpc) is 2.63. The van der Waals surface area contributed by atoms with E-state index in [0.29, 0.717) is 6.61 Å². The fourth-order valence-corrected chi connectivity index (χ4v) is 3.58. The third-order valence-corrected chi connectivity index (χ3v) is 5.32. The first-order chi connectivity index (χ1) is 12.4. The summed E-state index contributed by atoms with van der Waals surface area (Å²) in [6.07, 6.45) is 31.1. The molecule has 0 saturated carbocycles. The van der Waals surface area contributed by atoms with Crippen molar-refractivity contribution in [3.8, 4) is 0 Å². The van der Waals surface area contributed by atoms with Gasteiger partial charge in [0.2, 0.25) is 0 Å². The minimum Gasteiger partial charge on any atom is -0.396 e. The molecule has 0 amide bonds. The van der Waals surface area contributed by atoms with Gasteiger partial charge in [0.1, 0.15) is 0 Å². The van der Waals surface area contributed by atoms with Crippen LogP contribution in [0.4, 0.5) is 0 Å². The van der Waals surface area contributed by atoms with Crippen LogP contribution in [0.15, 0.2) is 12.7 Å². The molecule has 0 heterocycles. The van der Waals surface area contributed by atoms with Gasteiger partial charge in [-0.25, -0.2) is 0 Å². The lowest BCUT2D eigenvalue weighted by atomic mass is 10.0. The number of rotatable bonds is 22. The van der Waals surface area contributed by atoms with E-state index < -0.39 is 0 Å². The third kappa shape index (κ3) is 23.7. The van der Waals surface area contributed by atoms with Crippen LogP contribution in [-0.2, 0) is 0 Å². The first-order valence-corrected chi connectivity index (χ1v) is 11.6. The van der Waals surface area contributed by atoms with Gasteiger partial charge in [-0.2, -0.15) is 0 Å². The molecule has 0 rings (SSSR count). The van der Waals surface area contributed by atoms with Gasteiger partial charge < -0.3 is 5.11 Å². The molecule has 0 aliphatic rings. The van der Waals surface area contributed by atoms with E-state index in [1.807, 2.05) is 6.08 Å². The first-order valence-electron chi connectivity index (χ1n) is 11.6. The Kier molecular flexibility index (Phi) is 23.4. The Bertz CT molecular complexity index is 236. The predicted octanol–water partition coefficient (Wildman–Crippen LogP) is 8.36. The summed E-state index contributed by atoms with van der Waals surface area (Å²) in [5.74, 6) is 0. The maximum Gasteiger partial charge on any atom is 0.0431 e. The number of hydrogen-bond acceptors (Lipinski definition) is 1. The monoisotopic (exact) mass is 352 g/mol. The molecule has 0 bridgehead atoms. The number of allylic oxidation sites excluding steroid dienone is 1. The molecule has 0 aliphatic carbocycles. The predicted molar refractivity (Wildman–Crippen MR) is 114 cm³/mol. The van der Waals surface area contributed by atoms with Gasteiger partial charge in [-0.05, 0) is 19.3 Å². The number of unbranched alkanes of at least 4 members (excludes halogenated alkanes) is 20. The van der Waals surface area contributed by atoms with Crippen LogP contribution in [-0.4, -0.2) is 11.7 Å². The molecule has 0 aliphatic heterocycles. The summed E-state index contributed by atoms with van der Waals surface area (Å²) in [5.41, 5.74) is 0. The van der Waals surface area contributed by atoms with E-state index in [-0.39, 0.29) is 0 Å². The highest BCUT2D eigenvalue weighted by Gasteiger charge is 1.95. The summed E-state index contributed by atoms with van der Waals surface area (Å²) >= 11 is 0. The molecule has 25 heavy (non-hydrogen) atoms. The lowest BCUT2D eigenvalue weighted by Gasteiger charge is -2.04. The smallest absolute Gasteiger partial charge is 0.0431 e. The van der Waals surface area contributed by atoms with Crippen molar-refractivity contribution >= 4 is 0 Å². The molecule has 1 nitrogen and oxygen atoms in total. The molecule has 0 fully saturated rings. The Morgan fingerprint density at radius 1 is 0.400 bits per heavy atom. The van der Waals surface area contributed by atoms with Crippen LogP contribution in [0.1, 0.15) is 135 Å². The second-order valence-electron chi connectivity index (χ2n) is 7.87. The fourth-order valence-electron chi connectivity index (χ4n) is 3.58. The molecule has 0 unspecified atom stereocenters. The standard InChI is InChI=1S/C24H48O/c1-2-3-4-5-6-7-8-9-10-11-12-13-14-15-16-17-18-19-20-21-22-23-24-25/h2,25H,1,3-24H2. The van der Waals surface area contributed by atoms with Crippen LogP contribution in [0.25, 0.3) is 0 Å². The highest BCUT2D eigenvalue weighted by Crippen LogP contribution is 2.14. The maximum atomic E-state index is 8.72. The van der Waals surface area contributed by atoms with Gasteiger partial charge in [-0.15, -0.1) is 6.58 Å². The molecule has 0 spiro atoms. The van der Waals surface area contributed by atoms with Crippen LogP contribution in [0.2, 0.25) is 0 Å². The molecular weight excluding hydrogens is 304 g/mol. The topological polar surface area (TPSA) is 20.2 Å². The van der Waals surface area contributed by atoms with Crippen molar-refractivity contribution in [2.75, 3.05) is 6.61 Å². The molecule has 0 atom stereocenters. The second-order valence-corrected chi connectivity index (χ2v) is 7.87. The zero-order chi connectivity index (χ0) is 18.3. The lowest BCUT2D eigenvalue weighted by Crippen LogP contribution is -1.85. The second kappa shape index (κ2) is 23.7. The van der Waals surface area contributed by atoms with E-state index in [1.54, 1.807) is 0 Å². The number of aliphatic hydroxyl groups is 1. The van der Waals surface area contributed by atoms with E-state index >= 15 is 0 Å². The minimum atomic E-state index is 0.371. The van der Waals surface area contributed by atoms with Crippen molar-refractivity contribution in [3.63, 3.8) is 0 Å². The number of hydrogen-bond donors (Lipinski definition) is 1. The SMILES string of the molecule is C=CCCCCCCCCCCCCCCCCCCCCCCO. The van der Waals surface area contributed by atoms with Gasteiger partial charge in [0.15, 0.2) is 0 Å². The summed E-state index contributed by atoms with van der Waals surface area (Å²) in [5, 5.41) is 8.72. The zero-order valence-corrected chi connectivity index (χ0v) is 17.3. The van der Waals surface area contributed by atoms with Crippen LogP contribution >= 0.6 is 0 Å². The van der Waals surface area contributed by atoms with E-state index in [0.717, 1.165) is 6.42 Å². The van der Waals surface area contributed by atoms with Crippen molar-refractivity contribution in [3.05, 3.63) is 12.7 Å². The Morgan fingerprint density at radius 3 is 0.880 bits per heavy atom. The normalized spacial score (nSPS) is 11.1. The van der Waals surface area contributed by atoms with Crippen molar-refractivity contribution in [1.29, 1.82) is 0 Å². The van der Waals surface area contributed by atoms with Crippen molar-refractivity contribution in [1.82, 2.24) is 0 Å². The maximum absolute atomic E-state index is 8.72. The molecule has 1 N–H and O–H groups in total. The van der Waals surface area contributed by atoms with Gasteiger partial charge in [0.05, 0.1) is 0 Å². The molecule has 150 valence electrons. The Balaban J connectivity index is 2.95. The quantitative estimate of drug-likeness (QED) is 0.153. The lowest BCUT2D eigenvalue weighted by molar-refractivity contribution is 0.282. The van der Waals surface area contributed by atoms with Crippen molar-refractivity contribution in [2.24, 2.45) is 0 Å². The van der Waals surface area contributed by atoms with Crippen molar-refractivity contribution in [2.45, 2.75) is 135 Å². The summed E-state index contributed by atoms with van der Waals surface area (Å²) < 4.78 is 0. The van der Waals surface area contributed by atoms with E-state index in [4.69, 9.17) is 5.11 Å². The van der Waals surface area contributed by atoms with Crippen LogP contribution < -0.4 is 0 Å². The van der Waals surface area contributed by atoms with Gasteiger partial charge in [-0.1, -0.05) is 122 Å². The summed E-state index contributed by atoms with van der Waals surface area (Å²) in [4.78, 5) is 0. The Labute approximate surface area is 159 Å². The number of aliphatic hydroxyl groups excluding tert-OH is 1. The Hall–Kier alpha value is -0.300. The van der Waals surface area contributed by atoms with Crippen LogP contribution in [0.5, 0.6) is 0 Å². The zero-order valence-electron chi connectivity index (χ0n) is 17.3. The summed E-state index contributed by atoms with van der Waals surface area (Å²) in [7, 11) is 0. The minimum absolute atomic E-state index is 0.371. The van der Waals surface area contributed by atoms with Crippen molar-refractivity contribution < 1.29 is 5.11 Å². The molecule has 1 heteroatoms. The van der Waals surface area contributed by atoms with Gasteiger partial charge in [0, 0.05) is 6.61 Å². The summed E-state index contributed by atoms with van der Waals surface area (Å²) in [6.45, 7) is 4.15. The molecule has 0 aromatic heterocycles. The molecule has 0 radical (unpaired) electrons. The molecule has 0 aromatic rings. The molecule has 0 aromatic carbocycles. The highest BCUT2D eigenvalue weighted by molar-refractivity contribution is 4.65. The first kappa shape index (κ1) is 24.7. The van der Waals surface area contributed by atoms with Gasteiger partial charge in [-0.3, -0.25) is 0 Å². The fraction of sp³-hybridized carbons (Fsp3) is 0.917. The molecular formula is C24H48O. The summed E-state index contributed by atoms with van der Waals surface area (Å²) in [6, 6.07) is 0. The van der Waals surface area contributed by atoms with E-state index in [9.17, 15) is 0 Å². The third-order valence-electron chi connectivity index (χ3n) is 5.32. The molecule has 0 saturated heterocycles. The average molecular weight is 353 g/mol. The van der Waals surface area contributed by atoms with Gasteiger partial charge >= 0.3 is 0 Å². The van der Waals surface area contributed by atoms with Gasteiger partial charge in [0.25, 0.3) is 0 Å². The highest BCUT2D eigenvalue weighted by atomic mass is 16.2. The largest absolute Gasteiger partial charge is 0.396 e.